The lowest BCUT2D eigenvalue weighted by Gasteiger charge is -2.29. The Balaban J connectivity index is 1.76. The Bertz CT molecular complexity index is 983. The molecule has 0 spiro atoms. The summed E-state index contributed by atoms with van der Waals surface area (Å²) in [6.07, 6.45) is 0.584. The Morgan fingerprint density at radius 3 is 2.52 bits per heavy atom. The van der Waals surface area contributed by atoms with E-state index in [-0.39, 0.29) is 12.5 Å². The molecule has 2 aromatic heterocycles. The molecule has 3 aromatic rings. The summed E-state index contributed by atoms with van der Waals surface area (Å²) in [7, 11) is 0. The minimum Gasteiger partial charge on any atom is -0.350 e. The van der Waals surface area contributed by atoms with Crippen LogP contribution in [0.2, 0.25) is 0 Å². The van der Waals surface area contributed by atoms with Gasteiger partial charge in [0.05, 0.1) is 5.56 Å². The molecule has 6 nitrogen and oxygen atoms in total. The first kappa shape index (κ1) is 22.5. The molecule has 0 fully saturated rings. The van der Waals surface area contributed by atoms with Gasteiger partial charge in [0.15, 0.2) is 5.82 Å². The van der Waals surface area contributed by atoms with Gasteiger partial charge in [0.25, 0.3) is 0 Å². The fourth-order valence-electron chi connectivity index (χ4n) is 3.35. The van der Waals surface area contributed by atoms with Crippen molar-refractivity contribution in [1.82, 2.24) is 25.0 Å². The molecule has 9 heteroatoms. The normalized spacial score (nSPS) is 12.7. The summed E-state index contributed by atoms with van der Waals surface area (Å²) in [5.74, 6) is 0.282. The van der Waals surface area contributed by atoms with Crippen molar-refractivity contribution in [2.24, 2.45) is 0 Å². The van der Waals surface area contributed by atoms with E-state index in [4.69, 9.17) is 0 Å². The quantitative estimate of drug-likeness (QED) is 0.586. The van der Waals surface area contributed by atoms with Crippen molar-refractivity contribution in [3.8, 4) is 5.82 Å². The van der Waals surface area contributed by atoms with Gasteiger partial charge in [0, 0.05) is 25.1 Å². The van der Waals surface area contributed by atoms with Gasteiger partial charge in [-0.3, -0.25) is 9.69 Å². The second-order valence-electron chi connectivity index (χ2n) is 6.94. The molecule has 0 aliphatic rings. The number of rotatable bonds is 8. The van der Waals surface area contributed by atoms with Gasteiger partial charge in [-0.05, 0) is 48.5 Å². The molecule has 0 aliphatic heterocycles. The summed E-state index contributed by atoms with van der Waals surface area (Å²) in [5.41, 5.74) is 0.308. The van der Waals surface area contributed by atoms with Gasteiger partial charge in [-0.2, -0.15) is 18.3 Å². The van der Waals surface area contributed by atoms with Gasteiger partial charge in [0.1, 0.15) is 6.04 Å². The average Bonchev–Trinajstić information content (AvgIpc) is 3.30. The highest BCUT2D eigenvalue weighted by Crippen LogP contribution is 2.32. The molecule has 0 saturated heterocycles. The number of hydrogen-bond acceptors (Lipinski definition) is 4. The van der Waals surface area contributed by atoms with Crippen molar-refractivity contribution in [1.29, 1.82) is 0 Å². The van der Waals surface area contributed by atoms with Crippen molar-refractivity contribution in [2.75, 3.05) is 13.1 Å². The number of carbonyl (C=O) groups excluding carboxylic acids is 1. The van der Waals surface area contributed by atoms with Crippen LogP contribution >= 0.6 is 0 Å². The van der Waals surface area contributed by atoms with Crippen molar-refractivity contribution < 1.29 is 18.0 Å². The highest BCUT2D eigenvalue weighted by molar-refractivity contribution is 5.83. The van der Waals surface area contributed by atoms with E-state index in [0.29, 0.717) is 24.5 Å². The fourth-order valence-corrected chi connectivity index (χ4v) is 3.35. The van der Waals surface area contributed by atoms with Gasteiger partial charge in [-0.15, -0.1) is 0 Å². The number of alkyl halides is 3. The predicted molar refractivity (Wildman–Crippen MR) is 110 cm³/mol. The lowest BCUT2D eigenvalue weighted by Crippen LogP contribution is -2.40. The highest BCUT2D eigenvalue weighted by atomic mass is 19.4. The number of likely N-dealkylation sites (N-methyl/N-ethyl adjacent to an activating group) is 1. The first-order chi connectivity index (χ1) is 14.8. The standard InChI is InChI=1S/C22H24F3N5O/c1-3-29(4-2)20(17-7-5-8-18(13-17)22(23,24)25)21(31)27-15-16-9-10-19(26-14-16)30-12-6-11-28-30/h5-14,20H,3-4,15H2,1-2H3,(H,27,31)/t20-/m0/s1. The molecule has 0 unspecified atom stereocenters. The Morgan fingerprint density at radius 2 is 1.94 bits per heavy atom. The van der Waals surface area contributed by atoms with Crippen LogP contribution in [0, 0.1) is 0 Å². The van der Waals surface area contributed by atoms with Crippen LogP contribution < -0.4 is 5.32 Å². The lowest BCUT2D eigenvalue weighted by molar-refractivity contribution is -0.138. The van der Waals surface area contributed by atoms with Crippen LogP contribution in [0.3, 0.4) is 0 Å². The molecule has 2 heterocycles. The molecule has 1 aromatic carbocycles. The zero-order chi connectivity index (χ0) is 22.4. The maximum absolute atomic E-state index is 13.2. The largest absolute Gasteiger partial charge is 0.416 e. The minimum atomic E-state index is -4.47. The number of hydrogen-bond donors (Lipinski definition) is 1. The third kappa shape index (κ3) is 5.49. The zero-order valence-electron chi connectivity index (χ0n) is 17.3. The molecule has 164 valence electrons. The molecule has 3 rings (SSSR count). The molecular formula is C22H24F3N5O. The van der Waals surface area contributed by atoms with Gasteiger partial charge < -0.3 is 5.32 Å². The highest BCUT2D eigenvalue weighted by Gasteiger charge is 2.33. The number of carbonyl (C=O) groups is 1. The second kappa shape index (κ2) is 9.74. The summed E-state index contributed by atoms with van der Waals surface area (Å²) >= 11 is 0. The van der Waals surface area contributed by atoms with Crippen LogP contribution in [0.5, 0.6) is 0 Å². The number of amides is 1. The Labute approximate surface area is 178 Å². The van der Waals surface area contributed by atoms with Crippen molar-refractivity contribution >= 4 is 5.91 Å². The summed E-state index contributed by atoms with van der Waals surface area (Å²) < 4.78 is 41.1. The molecule has 0 aliphatic carbocycles. The molecule has 31 heavy (non-hydrogen) atoms. The number of benzene rings is 1. The SMILES string of the molecule is CCN(CC)[C@H](C(=O)NCc1ccc(-n2cccn2)nc1)c1cccc(C(F)(F)F)c1. The number of pyridine rings is 1. The van der Waals surface area contributed by atoms with Crippen LogP contribution in [0.25, 0.3) is 5.82 Å². The summed E-state index contributed by atoms with van der Waals surface area (Å²) in [6.45, 7) is 4.99. The van der Waals surface area contributed by atoms with Crippen LogP contribution in [0.15, 0.2) is 61.1 Å². The Hall–Kier alpha value is -3.20. The Morgan fingerprint density at radius 1 is 1.16 bits per heavy atom. The van der Waals surface area contributed by atoms with Crippen LogP contribution in [0.4, 0.5) is 13.2 Å². The van der Waals surface area contributed by atoms with E-state index >= 15 is 0 Å². The van der Waals surface area contributed by atoms with E-state index in [2.05, 4.69) is 15.4 Å². The topological polar surface area (TPSA) is 63.1 Å². The van der Waals surface area contributed by atoms with E-state index in [1.54, 1.807) is 41.5 Å². The maximum Gasteiger partial charge on any atom is 0.416 e. The molecule has 1 amide bonds. The summed E-state index contributed by atoms with van der Waals surface area (Å²) in [4.78, 5) is 19.2. The van der Waals surface area contributed by atoms with Crippen LogP contribution in [0.1, 0.15) is 36.6 Å². The van der Waals surface area contributed by atoms with Crippen molar-refractivity contribution in [2.45, 2.75) is 32.6 Å². The zero-order valence-corrected chi connectivity index (χ0v) is 17.3. The summed E-state index contributed by atoms with van der Waals surface area (Å²) in [6, 6.07) is 9.50. The average molecular weight is 431 g/mol. The molecule has 0 saturated carbocycles. The molecule has 0 radical (unpaired) electrons. The predicted octanol–water partition coefficient (Wildman–Crippen LogP) is 3.99. The molecule has 1 atom stereocenters. The smallest absolute Gasteiger partial charge is 0.350 e. The number of halogens is 3. The number of nitrogens with one attached hydrogen (secondary N) is 1. The number of nitrogens with zero attached hydrogens (tertiary/aromatic N) is 4. The summed E-state index contributed by atoms with van der Waals surface area (Å²) in [5, 5.41) is 6.94. The van der Waals surface area contributed by atoms with Gasteiger partial charge in [-0.25, -0.2) is 9.67 Å². The first-order valence-corrected chi connectivity index (χ1v) is 9.97. The van der Waals surface area contributed by atoms with E-state index < -0.39 is 17.8 Å². The maximum atomic E-state index is 13.2. The van der Waals surface area contributed by atoms with E-state index in [1.165, 1.54) is 6.07 Å². The minimum absolute atomic E-state index is 0.210. The van der Waals surface area contributed by atoms with Crippen LogP contribution in [-0.2, 0) is 17.5 Å². The molecule has 0 bridgehead atoms. The molecule has 1 N–H and O–H groups in total. The van der Waals surface area contributed by atoms with Gasteiger partial charge in [0.2, 0.25) is 5.91 Å². The monoisotopic (exact) mass is 431 g/mol. The molecular weight excluding hydrogens is 407 g/mol. The van der Waals surface area contributed by atoms with E-state index in [0.717, 1.165) is 17.7 Å². The third-order valence-corrected chi connectivity index (χ3v) is 4.97. The van der Waals surface area contributed by atoms with Gasteiger partial charge in [-0.1, -0.05) is 32.0 Å². The Kier molecular flexibility index (Phi) is 7.06. The fraction of sp³-hybridized carbons (Fsp3) is 0.318. The van der Waals surface area contributed by atoms with Crippen molar-refractivity contribution in [3.05, 3.63) is 77.7 Å². The lowest BCUT2D eigenvalue weighted by atomic mass is 10.0. The van der Waals surface area contributed by atoms with Crippen molar-refractivity contribution in [3.63, 3.8) is 0 Å². The second-order valence-corrected chi connectivity index (χ2v) is 6.94. The third-order valence-electron chi connectivity index (χ3n) is 4.97. The van der Waals surface area contributed by atoms with E-state index in [9.17, 15) is 18.0 Å². The van der Waals surface area contributed by atoms with Gasteiger partial charge >= 0.3 is 6.18 Å². The number of aromatic nitrogens is 3. The van der Waals surface area contributed by atoms with E-state index in [1.807, 2.05) is 24.8 Å². The van der Waals surface area contributed by atoms with Crippen LogP contribution in [-0.4, -0.2) is 38.7 Å². The first-order valence-electron chi connectivity index (χ1n) is 9.97.